The molecule has 0 aromatic rings. The van der Waals surface area contributed by atoms with Gasteiger partial charge in [-0.3, -0.25) is 4.79 Å². The van der Waals surface area contributed by atoms with Gasteiger partial charge in [-0.15, -0.1) is 0 Å². The molecule has 0 amide bonds. The minimum Gasteiger partial charge on any atom is -0.461 e. The van der Waals surface area contributed by atoms with Crippen molar-refractivity contribution in [1.82, 2.24) is 0 Å². The van der Waals surface area contributed by atoms with Gasteiger partial charge >= 0.3 is 5.97 Å². The zero-order chi connectivity index (χ0) is 20.5. The molecular weight excluding hydrogens is 344 g/mol. The van der Waals surface area contributed by atoms with Gasteiger partial charge in [0.15, 0.2) is 0 Å². The van der Waals surface area contributed by atoms with Gasteiger partial charge in [-0.05, 0) is 19.4 Å². The molecular formula is C26H44O2. The van der Waals surface area contributed by atoms with E-state index in [9.17, 15) is 4.79 Å². The Kier molecular flexibility index (Phi) is 22.2. The van der Waals surface area contributed by atoms with Crippen LogP contribution >= 0.6 is 0 Å². The maximum Gasteiger partial charge on any atom is 0.306 e. The second-order valence-corrected chi connectivity index (χ2v) is 7.40. The maximum absolute atomic E-state index is 11.7. The molecule has 0 atom stereocenters. The second kappa shape index (κ2) is 23.5. The van der Waals surface area contributed by atoms with E-state index in [0.717, 1.165) is 12.8 Å². The third-order valence-electron chi connectivity index (χ3n) is 4.71. The Morgan fingerprint density at radius 2 is 1.11 bits per heavy atom. The fourth-order valence-electron chi connectivity index (χ4n) is 3.00. The van der Waals surface area contributed by atoms with E-state index in [1.807, 2.05) is 55.5 Å². The molecule has 0 spiro atoms. The van der Waals surface area contributed by atoms with Gasteiger partial charge < -0.3 is 4.74 Å². The van der Waals surface area contributed by atoms with Crippen molar-refractivity contribution in [1.29, 1.82) is 0 Å². The number of carbonyl (C=O) groups is 1. The third kappa shape index (κ3) is 22.5. The zero-order valence-electron chi connectivity index (χ0n) is 18.5. The maximum atomic E-state index is 11.7. The van der Waals surface area contributed by atoms with Crippen LogP contribution in [-0.4, -0.2) is 12.6 Å². The van der Waals surface area contributed by atoms with Crippen molar-refractivity contribution in [2.75, 3.05) is 6.61 Å². The van der Waals surface area contributed by atoms with E-state index in [2.05, 4.69) is 6.92 Å². The molecule has 2 heteroatoms. The summed E-state index contributed by atoms with van der Waals surface area (Å²) in [6.07, 6.45) is 33.3. The van der Waals surface area contributed by atoms with E-state index in [1.165, 1.54) is 70.6 Å². The van der Waals surface area contributed by atoms with Gasteiger partial charge in [0, 0.05) is 6.42 Å². The molecule has 0 aromatic carbocycles. The number of ether oxygens (including phenoxy) is 1. The lowest BCUT2D eigenvalue weighted by atomic mass is 10.0. The van der Waals surface area contributed by atoms with Crippen LogP contribution in [0.15, 0.2) is 48.6 Å². The van der Waals surface area contributed by atoms with Gasteiger partial charge in [0.1, 0.15) is 6.61 Å². The molecule has 0 N–H and O–H groups in total. The first kappa shape index (κ1) is 26.4. The van der Waals surface area contributed by atoms with Gasteiger partial charge in [0.2, 0.25) is 0 Å². The summed E-state index contributed by atoms with van der Waals surface area (Å²) in [6, 6.07) is 0. The first-order chi connectivity index (χ1) is 13.8. The van der Waals surface area contributed by atoms with Crippen LogP contribution in [0.3, 0.4) is 0 Å². The molecule has 0 heterocycles. The van der Waals surface area contributed by atoms with Crippen LogP contribution in [0.4, 0.5) is 0 Å². The molecule has 2 nitrogen and oxygen atoms in total. The quantitative estimate of drug-likeness (QED) is 0.126. The van der Waals surface area contributed by atoms with E-state index in [4.69, 9.17) is 4.74 Å². The highest BCUT2D eigenvalue weighted by atomic mass is 16.5. The predicted molar refractivity (Wildman–Crippen MR) is 124 cm³/mol. The van der Waals surface area contributed by atoms with Crippen molar-refractivity contribution in [3.05, 3.63) is 48.6 Å². The Hall–Kier alpha value is -1.57. The summed E-state index contributed by atoms with van der Waals surface area (Å²) in [4.78, 5) is 11.7. The molecule has 0 rings (SSSR count). The van der Waals surface area contributed by atoms with E-state index >= 15 is 0 Å². The highest BCUT2D eigenvalue weighted by Crippen LogP contribution is 2.13. The first-order valence-electron chi connectivity index (χ1n) is 11.6. The Morgan fingerprint density at radius 3 is 1.64 bits per heavy atom. The highest BCUT2D eigenvalue weighted by molar-refractivity contribution is 5.69. The zero-order valence-corrected chi connectivity index (χ0v) is 18.5. The Labute approximate surface area is 174 Å². The average molecular weight is 389 g/mol. The van der Waals surface area contributed by atoms with Gasteiger partial charge in [-0.25, -0.2) is 0 Å². The number of esters is 1. The SMILES string of the molecule is CC=CC=CC=CC=CCOC(=O)CCCCCCCCCCCCCCC. The fourth-order valence-corrected chi connectivity index (χ4v) is 3.00. The molecule has 0 bridgehead atoms. The van der Waals surface area contributed by atoms with E-state index in [0.29, 0.717) is 13.0 Å². The summed E-state index contributed by atoms with van der Waals surface area (Å²) >= 11 is 0. The lowest BCUT2D eigenvalue weighted by Crippen LogP contribution is -2.03. The largest absolute Gasteiger partial charge is 0.461 e. The van der Waals surface area contributed by atoms with Crippen molar-refractivity contribution < 1.29 is 9.53 Å². The average Bonchev–Trinajstić information content (AvgIpc) is 2.70. The van der Waals surface area contributed by atoms with Crippen LogP contribution in [0.5, 0.6) is 0 Å². The normalized spacial score (nSPS) is 12.2. The summed E-state index contributed by atoms with van der Waals surface area (Å²) < 4.78 is 5.21. The van der Waals surface area contributed by atoms with E-state index < -0.39 is 0 Å². The molecule has 0 saturated heterocycles. The van der Waals surface area contributed by atoms with Crippen molar-refractivity contribution in [2.45, 2.75) is 104 Å². The molecule has 0 aromatic heterocycles. The smallest absolute Gasteiger partial charge is 0.306 e. The Bertz CT molecular complexity index is 443. The number of hydrogen-bond acceptors (Lipinski definition) is 2. The van der Waals surface area contributed by atoms with E-state index in [-0.39, 0.29) is 5.97 Å². The van der Waals surface area contributed by atoms with Gasteiger partial charge in [-0.2, -0.15) is 0 Å². The highest BCUT2D eigenvalue weighted by Gasteiger charge is 2.01. The molecule has 0 radical (unpaired) electrons. The Balaban J connectivity index is 3.33. The van der Waals surface area contributed by atoms with Crippen LogP contribution in [0, 0.1) is 0 Å². The molecule has 0 aliphatic carbocycles. The lowest BCUT2D eigenvalue weighted by molar-refractivity contribution is -0.142. The van der Waals surface area contributed by atoms with E-state index in [1.54, 1.807) is 0 Å². The van der Waals surface area contributed by atoms with Crippen molar-refractivity contribution in [3.63, 3.8) is 0 Å². The lowest BCUT2D eigenvalue weighted by Gasteiger charge is -2.03. The summed E-state index contributed by atoms with van der Waals surface area (Å²) in [7, 11) is 0. The minimum absolute atomic E-state index is 0.0790. The molecule has 0 unspecified atom stereocenters. The number of unbranched alkanes of at least 4 members (excludes halogenated alkanes) is 12. The minimum atomic E-state index is -0.0790. The molecule has 0 fully saturated rings. The van der Waals surface area contributed by atoms with Crippen molar-refractivity contribution in [3.8, 4) is 0 Å². The molecule has 160 valence electrons. The number of rotatable bonds is 19. The van der Waals surface area contributed by atoms with Crippen LogP contribution in [-0.2, 0) is 9.53 Å². The van der Waals surface area contributed by atoms with Crippen LogP contribution in [0.25, 0.3) is 0 Å². The molecule has 0 saturated carbocycles. The summed E-state index contributed by atoms with van der Waals surface area (Å²) in [5.74, 6) is -0.0790. The van der Waals surface area contributed by atoms with Crippen molar-refractivity contribution in [2.24, 2.45) is 0 Å². The number of carbonyl (C=O) groups excluding carboxylic acids is 1. The topological polar surface area (TPSA) is 26.3 Å². The second-order valence-electron chi connectivity index (χ2n) is 7.40. The number of hydrogen-bond donors (Lipinski definition) is 0. The fraction of sp³-hybridized carbons (Fsp3) is 0.654. The van der Waals surface area contributed by atoms with Gasteiger partial charge in [0.25, 0.3) is 0 Å². The summed E-state index contributed by atoms with van der Waals surface area (Å²) in [6.45, 7) is 4.62. The molecule has 0 aliphatic heterocycles. The van der Waals surface area contributed by atoms with Crippen LogP contribution < -0.4 is 0 Å². The van der Waals surface area contributed by atoms with Crippen LogP contribution in [0.2, 0.25) is 0 Å². The standard InChI is InChI=1S/C26H44O2/c1-3-5-7-9-11-13-14-15-16-17-18-20-22-24-26(27)28-25-23-21-19-12-10-8-6-4-2/h4,6,8,10,12,19,21,23H,3,5,7,9,11,13-18,20,22,24-25H2,1-2H3. The van der Waals surface area contributed by atoms with Gasteiger partial charge in [-0.1, -0.05) is 127 Å². The van der Waals surface area contributed by atoms with Crippen LogP contribution in [0.1, 0.15) is 104 Å². The first-order valence-corrected chi connectivity index (χ1v) is 11.6. The van der Waals surface area contributed by atoms with Crippen molar-refractivity contribution >= 4 is 5.97 Å². The molecule has 28 heavy (non-hydrogen) atoms. The van der Waals surface area contributed by atoms with Gasteiger partial charge in [0.05, 0.1) is 0 Å². The summed E-state index contributed by atoms with van der Waals surface area (Å²) in [5, 5.41) is 0. The molecule has 0 aliphatic rings. The Morgan fingerprint density at radius 1 is 0.643 bits per heavy atom. The monoisotopic (exact) mass is 388 g/mol. The predicted octanol–water partition coefficient (Wildman–Crippen LogP) is 8.26. The third-order valence-corrected chi connectivity index (χ3v) is 4.71. The number of allylic oxidation sites excluding steroid dienone is 7. The summed E-state index contributed by atoms with van der Waals surface area (Å²) in [5.41, 5.74) is 0.